The zero-order valence-corrected chi connectivity index (χ0v) is 32.6. The van der Waals surface area contributed by atoms with Crippen LogP contribution in [0.4, 0.5) is 0 Å². The molecule has 0 bridgehead atoms. The van der Waals surface area contributed by atoms with Gasteiger partial charge in [0.2, 0.25) is 0 Å². The average molecular weight is 761 g/mol. The first kappa shape index (κ1) is 41.3. The molecule has 3 aliphatic rings. The molecular weight excluding hydrogens is 721 g/mol. The van der Waals surface area contributed by atoms with E-state index >= 15 is 0 Å². The number of hydrogen-bond donors (Lipinski definition) is 0. The summed E-state index contributed by atoms with van der Waals surface area (Å²) in [4.78, 5) is 0. The SMILES string of the molecule is CC1=CCC(C2=C(C)C(C)=CC2)=C1C.CC1=[C-]C(C)(C)C(C)=C1C.[Cl-].[Cl-].[Cl][Zr][Cl].[Zr+3].c1ccc2[cH-]ccc2c1. The molecule has 0 amide bonds. The Balaban J connectivity index is 0. The van der Waals surface area contributed by atoms with Crippen molar-refractivity contribution in [3.63, 3.8) is 0 Å². The van der Waals surface area contributed by atoms with Crippen LogP contribution in [-0.4, -0.2) is 0 Å². The molecule has 6 heteroatoms. The molecule has 0 unspecified atom stereocenters. The van der Waals surface area contributed by atoms with Gasteiger partial charge in [-0.2, -0.15) is 28.7 Å². The van der Waals surface area contributed by atoms with Crippen LogP contribution in [0.25, 0.3) is 10.8 Å². The Morgan fingerprint density at radius 3 is 1.54 bits per heavy atom. The van der Waals surface area contributed by atoms with Gasteiger partial charge >= 0.3 is 64.1 Å². The summed E-state index contributed by atoms with van der Waals surface area (Å²) in [5.74, 6) is 0. The van der Waals surface area contributed by atoms with Gasteiger partial charge in [-0.1, -0.05) is 62.5 Å². The third kappa shape index (κ3) is 11.4. The van der Waals surface area contributed by atoms with Crippen molar-refractivity contribution in [2.24, 2.45) is 5.41 Å². The fraction of sp³-hybridized carbons (Fsp3) is 0.364. The van der Waals surface area contributed by atoms with Crippen molar-refractivity contribution in [2.45, 2.75) is 75.2 Å². The molecule has 2 aromatic carbocycles. The number of allylic oxidation sites excluding steroid dienone is 12. The maximum absolute atomic E-state index is 4.93. The Hall–Kier alpha value is 0.196. The Labute approximate surface area is 288 Å². The summed E-state index contributed by atoms with van der Waals surface area (Å²) in [5.41, 5.74) is 13.5. The molecule has 3 aliphatic carbocycles. The quantitative estimate of drug-likeness (QED) is 0.344. The maximum atomic E-state index is 4.93. The van der Waals surface area contributed by atoms with Gasteiger partial charge in [0.1, 0.15) is 0 Å². The van der Waals surface area contributed by atoms with Crippen LogP contribution in [0.1, 0.15) is 75.2 Å². The van der Waals surface area contributed by atoms with E-state index in [4.69, 9.17) is 17.0 Å². The molecule has 0 nitrogen and oxygen atoms in total. The maximum Gasteiger partial charge on any atom is 3.00 e. The van der Waals surface area contributed by atoms with Gasteiger partial charge in [0.25, 0.3) is 0 Å². The monoisotopic (exact) mass is 756 g/mol. The van der Waals surface area contributed by atoms with Crippen molar-refractivity contribution in [3.05, 3.63) is 111 Å². The Morgan fingerprint density at radius 1 is 0.769 bits per heavy atom. The minimum Gasteiger partial charge on any atom is -0.168 e. The Kier molecular flexibility index (Phi) is 20.6. The molecule has 0 N–H and O–H groups in total. The summed E-state index contributed by atoms with van der Waals surface area (Å²) < 4.78 is 0. The molecule has 0 heterocycles. The molecule has 39 heavy (non-hydrogen) atoms. The number of fused-ring (bicyclic) bond motifs is 1. The van der Waals surface area contributed by atoms with Crippen molar-refractivity contribution in [3.8, 4) is 0 Å². The van der Waals surface area contributed by atoms with Gasteiger partial charge in [0.15, 0.2) is 0 Å². The zero-order chi connectivity index (χ0) is 27.0. The van der Waals surface area contributed by atoms with Crippen LogP contribution in [0.3, 0.4) is 0 Å². The first-order valence-corrected chi connectivity index (χ1v) is 18.9. The van der Waals surface area contributed by atoms with Crippen LogP contribution < -0.4 is 24.8 Å². The van der Waals surface area contributed by atoms with Crippen LogP contribution in [0.15, 0.2) is 105 Å². The van der Waals surface area contributed by atoms with Crippen LogP contribution in [-0.2, 0) is 47.1 Å². The summed E-state index contributed by atoms with van der Waals surface area (Å²) in [5, 5.41) is 2.66. The third-order valence-corrected chi connectivity index (χ3v) is 7.79. The van der Waals surface area contributed by atoms with Crippen molar-refractivity contribution in [1.82, 2.24) is 0 Å². The average Bonchev–Trinajstić information content (AvgIpc) is 3.57. The minimum absolute atomic E-state index is 0. The van der Waals surface area contributed by atoms with E-state index in [1.807, 2.05) is 0 Å². The van der Waals surface area contributed by atoms with Gasteiger partial charge in [-0.3, -0.25) is 6.08 Å². The molecular formula is C33H40Cl4Zr2-. The van der Waals surface area contributed by atoms with Gasteiger partial charge < -0.3 is 24.8 Å². The van der Waals surface area contributed by atoms with Crippen molar-refractivity contribution < 1.29 is 71.9 Å². The molecule has 0 saturated carbocycles. The molecule has 5 rings (SSSR count). The summed E-state index contributed by atoms with van der Waals surface area (Å²) in [6, 6.07) is 14.7. The number of halogens is 4. The van der Waals surface area contributed by atoms with Gasteiger partial charge in [-0.25, -0.2) is 5.57 Å². The number of hydrogen-bond acceptors (Lipinski definition) is 0. The molecule has 0 saturated heterocycles. The van der Waals surface area contributed by atoms with Crippen LogP contribution in [0, 0.1) is 11.5 Å². The first-order chi connectivity index (χ1) is 16.9. The Bertz CT molecular complexity index is 1200. The molecule has 0 fully saturated rings. The van der Waals surface area contributed by atoms with E-state index in [0.29, 0.717) is 0 Å². The fourth-order valence-electron chi connectivity index (χ4n) is 4.77. The summed E-state index contributed by atoms with van der Waals surface area (Å²) >= 11 is -0.826. The van der Waals surface area contributed by atoms with E-state index in [1.165, 1.54) is 49.8 Å². The van der Waals surface area contributed by atoms with E-state index in [0.717, 1.165) is 12.8 Å². The van der Waals surface area contributed by atoms with Crippen LogP contribution >= 0.6 is 17.0 Å². The summed E-state index contributed by atoms with van der Waals surface area (Å²) in [6.45, 7) is 19.9. The number of rotatable bonds is 1. The van der Waals surface area contributed by atoms with Crippen molar-refractivity contribution in [2.75, 3.05) is 0 Å². The van der Waals surface area contributed by atoms with Crippen LogP contribution in [0.2, 0.25) is 0 Å². The smallest absolute Gasteiger partial charge is 0.168 e. The predicted molar refractivity (Wildman–Crippen MR) is 158 cm³/mol. The largest absolute Gasteiger partial charge is 3.00 e. The molecule has 1 radical (unpaired) electrons. The van der Waals surface area contributed by atoms with Gasteiger partial charge in [0, 0.05) is 0 Å². The van der Waals surface area contributed by atoms with Crippen LogP contribution in [0.5, 0.6) is 0 Å². The van der Waals surface area contributed by atoms with E-state index < -0.39 is 20.8 Å². The molecule has 209 valence electrons. The topological polar surface area (TPSA) is 0 Å². The van der Waals surface area contributed by atoms with Crippen molar-refractivity contribution in [1.29, 1.82) is 0 Å². The minimum atomic E-state index is -0.826. The van der Waals surface area contributed by atoms with Gasteiger partial charge in [-0.05, 0) is 62.8 Å². The molecule has 2 aromatic rings. The van der Waals surface area contributed by atoms with Gasteiger partial charge in [-0.15, -0.1) is 36.6 Å². The molecule has 0 atom stereocenters. The van der Waals surface area contributed by atoms with E-state index in [9.17, 15) is 0 Å². The normalized spacial score (nSPS) is 16.6. The Morgan fingerprint density at radius 2 is 1.23 bits per heavy atom. The summed E-state index contributed by atoms with van der Waals surface area (Å²) in [7, 11) is 9.87. The second-order valence-electron chi connectivity index (χ2n) is 10.2. The fourth-order valence-corrected chi connectivity index (χ4v) is 4.77. The predicted octanol–water partition coefficient (Wildman–Crippen LogP) is 5.37. The van der Waals surface area contributed by atoms with Gasteiger partial charge in [0.05, 0.1) is 0 Å². The first-order valence-electron chi connectivity index (χ1n) is 12.6. The second kappa shape index (κ2) is 19.4. The molecule has 0 aromatic heterocycles. The molecule has 0 spiro atoms. The van der Waals surface area contributed by atoms with E-state index in [1.54, 1.807) is 11.1 Å². The second-order valence-corrected chi connectivity index (χ2v) is 14.0. The van der Waals surface area contributed by atoms with E-state index in [2.05, 4.69) is 123 Å². The third-order valence-electron chi connectivity index (χ3n) is 7.79. The van der Waals surface area contributed by atoms with Crippen molar-refractivity contribution >= 4 is 27.8 Å². The molecule has 0 aliphatic heterocycles. The zero-order valence-electron chi connectivity index (χ0n) is 24.6. The number of benzene rings is 1. The standard InChI is InChI=1S/C14H18.C10H15.C9H7.4ClH.2Zr/c1-9-5-7-13(11(9)3)14-8-6-10(2)12(14)4;1-7-6-10(4,5)9(3)8(7)2;1-2-5-9-7-3-6-8(9)4-1;;;;;;/h5-6H,7-8H2,1-4H3;1-5H3;1-7H;4*1H;;/q;2*-1;;;;;+2;+3/p-4. The summed E-state index contributed by atoms with van der Waals surface area (Å²) in [6.07, 6.45) is 10.4. The van der Waals surface area contributed by atoms with E-state index in [-0.39, 0.29) is 56.4 Å².